The number of nitrogens with one attached hydrogen (secondary N) is 1. The molecule has 0 spiro atoms. The minimum Gasteiger partial charge on any atom is -0.383 e. The van der Waals surface area contributed by atoms with Gasteiger partial charge in [-0.05, 0) is 42.5 Å². The van der Waals surface area contributed by atoms with Gasteiger partial charge in [0.1, 0.15) is 5.82 Å². The van der Waals surface area contributed by atoms with Crippen LogP contribution < -0.4 is 5.32 Å². The molecule has 1 aromatic carbocycles. The third kappa shape index (κ3) is 5.76. The molecule has 0 heterocycles. The van der Waals surface area contributed by atoms with Gasteiger partial charge in [-0.1, -0.05) is 44.2 Å². The molecular weight excluding hydrogens is 265 g/mol. The van der Waals surface area contributed by atoms with Crippen LogP contribution in [-0.2, 0) is 11.2 Å². The highest BCUT2D eigenvalue weighted by molar-refractivity contribution is 5.16. The van der Waals surface area contributed by atoms with Crippen molar-refractivity contribution in [2.24, 2.45) is 11.8 Å². The Hall–Kier alpha value is -0.930. The molecule has 3 heteroatoms. The van der Waals surface area contributed by atoms with Crippen LogP contribution in [0.15, 0.2) is 24.3 Å². The Morgan fingerprint density at radius 2 is 1.90 bits per heavy atom. The Bertz CT molecular complexity index is 387. The normalized spacial score (nSPS) is 17.8. The average molecular weight is 293 g/mol. The van der Waals surface area contributed by atoms with Crippen LogP contribution in [0.25, 0.3) is 0 Å². The first-order valence-electron chi connectivity index (χ1n) is 8.23. The van der Waals surface area contributed by atoms with Gasteiger partial charge in [0.05, 0.1) is 6.61 Å². The van der Waals surface area contributed by atoms with Crippen molar-refractivity contribution in [1.29, 1.82) is 0 Å². The largest absolute Gasteiger partial charge is 0.383 e. The second-order valence-corrected chi connectivity index (χ2v) is 6.19. The highest BCUT2D eigenvalue weighted by atomic mass is 19.1. The van der Waals surface area contributed by atoms with Gasteiger partial charge in [-0.25, -0.2) is 4.39 Å². The van der Waals surface area contributed by atoms with E-state index >= 15 is 0 Å². The first kappa shape index (κ1) is 16.4. The number of halogens is 1. The zero-order valence-corrected chi connectivity index (χ0v) is 13.1. The van der Waals surface area contributed by atoms with Gasteiger partial charge in [0.15, 0.2) is 0 Å². The zero-order valence-electron chi connectivity index (χ0n) is 13.1. The topological polar surface area (TPSA) is 21.3 Å². The second kappa shape index (κ2) is 9.16. The molecule has 1 aliphatic carbocycles. The number of hydrogen-bond acceptors (Lipinski definition) is 2. The quantitative estimate of drug-likeness (QED) is 0.736. The number of methoxy groups -OCH3 is 1. The number of ether oxygens (including phenoxy) is 1. The number of benzene rings is 1. The Balaban J connectivity index is 1.91. The van der Waals surface area contributed by atoms with E-state index in [2.05, 4.69) is 5.32 Å². The lowest BCUT2D eigenvalue weighted by atomic mass is 9.77. The molecular formula is C18H28FNO. The van der Waals surface area contributed by atoms with Crippen LogP contribution in [0.3, 0.4) is 0 Å². The van der Waals surface area contributed by atoms with Crippen LogP contribution in [-0.4, -0.2) is 26.8 Å². The van der Waals surface area contributed by atoms with Crippen molar-refractivity contribution in [2.75, 3.05) is 26.8 Å². The maximum atomic E-state index is 13.0. The lowest BCUT2D eigenvalue weighted by Gasteiger charge is -2.31. The van der Waals surface area contributed by atoms with Gasteiger partial charge in [0.2, 0.25) is 0 Å². The summed E-state index contributed by atoms with van der Waals surface area (Å²) < 4.78 is 18.1. The fourth-order valence-electron chi connectivity index (χ4n) is 3.40. The standard InChI is InChI=1S/C18H28FNO/c1-21-12-11-20-14-17(16-5-3-2-4-6-16)13-15-7-9-18(19)10-8-15/h7-10,16-17,20H,2-6,11-14H2,1H3. The third-order valence-electron chi connectivity index (χ3n) is 4.62. The predicted molar refractivity (Wildman–Crippen MR) is 84.9 cm³/mol. The monoisotopic (exact) mass is 293 g/mol. The SMILES string of the molecule is COCCNCC(Cc1ccc(F)cc1)C1CCCCC1. The molecule has 1 atom stereocenters. The van der Waals surface area contributed by atoms with Crippen molar-refractivity contribution in [3.8, 4) is 0 Å². The minimum atomic E-state index is -0.147. The van der Waals surface area contributed by atoms with Crippen LogP contribution in [0.1, 0.15) is 37.7 Å². The molecule has 1 aliphatic rings. The molecule has 2 rings (SSSR count). The molecule has 1 saturated carbocycles. The Kier molecular flexibility index (Phi) is 7.17. The molecule has 1 aromatic rings. The molecule has 21 heavy (non-hydrogen) atoms. The second-order valence-electron chi connectivity index (χ2n) is 6.19. The van der Waals surface area contributed by atoms with E-state index < -0.39 is 0 Å². The summed E-state index contributed by atoms with van der Waals surface area (Å²) in [5.74, 6) is 1.30. The average Bonchev–Trinajstić information content (AvgIpc) is 2.53. The molecule has 1 fully saturated rings. The van der Waals surface area contributed by atoms with Gasteiger partial charge in [-0.3, -0.25) is 0 Å². The van der Waals surface area contributed by atoms with Crippen molar-refractivity contribution in [3.63, 3.8) is 0 Å². The molecule has 0 aromatic heterocycles. The summed E-state index contributed by atoms with van der Waals surface area (Å²) in [5.41, 5.74) is 1.25. The van der Waals surface area contributed by atoms with Crippen LogP contribution in [0.4, 0.5) is 4.39 Å². The Morgan fingerprint density at radius 3 is 2.57 bits per heavy atom. The van der Waals surface area contributed by atoms with E-state index in [1.54, 1.807) is 19.2 Å². The van der Waals surface area contributed by atoms with Crippen molar-refractivity contribution in [1.82, 2.24) is 5.32 Å². The summed E-state index contributed by atoms with van der Waals surface area (Å²) >= 11 is 0. The molecule has 118 valence electrons. The lowest BCUT2D eigenvalue weighted by Crippen LogP contribution is -2.32. The Labute approximate surface area is 128 Å². The lowest BCUT2D eigenvalue weighted by molar-refractivity contribution is 0.190. The minimum absolute atomic E-state index is 0.147. The maximum absolute atomic E-state index is 13.0. The van der Waals surface area contributed by atoms with Crippen molar-refractivity contribution in [3.05, 3.63) is 35.6 Å². The van der Waals surface area contributed by atoms with Crippen LogP contribution in [0, 0.1) is 17.7 Å². The molecule has 2 nitrogen and oxygen atoms in total. The molecule has 0 saturated heterocycles. The predicted octanol–water partition coefficient (Wildman–Crippen LogP) is 3.80. The van der Waals surface area contributed by atoms with Crippen molar-refractivity contribution < 1.29 is 9.13 Å². The van der Waals surface area contributed by atoms with E-state index in [1.807, 2.05) is 12.1 Å². The fraction of sp³-hybridized carbons (Fsp3) is 0.667. The van der Waals surface area contributed by atoms with Crippen LogP contribution in [0.2, 0.25) is 0 Å². The summed E-state index contributed by atoms with van der Waals surface area (Å²) in [5, 5.41) is 3.52. The highest BCUT2D eigenvalue weighted by Crippen LogP contribution is 2.31. The van der Waals surface area contributed by atoms with Crippen molar-refractivity contribution in [2.45, 2.75) is 38.5 Å². The smallest absolute Gasteiger partial charge is 0.123 e. The number of rotatable bonds is 8. The van der Waals surface area contributed by atoms with Gasteiger partial charge >= 0.3 is 0 Å². The fourth-order valence-corrected chi connectivity index (χ4v) is 3.40. The van der Waals surface area contributed by atoms with Gasteiger partial charge in [-0.2, -0.15) is 0 Å². The van der Waals surface area contributed by atoms with Gasteiger partial charge in [-0.15, -0.1) is 0 Å². The van der Waals surface area contributed by atoms with Gasteiger partial charge in [0.25, 0.3) is 0 Å². The first-order valence-corrected chi connectivity index (χ1v) is 8.23. The summed E-state index contributed by atoms with van der Waals surface area (Å²) in [4.78, 5) is 0. The summed E-state index contributed by atoms with van der Waals surface area (Å²) in [7, 11) is 1.73. The van der Waals surface area contributed by atoms with E-state index in [-0.39, 0.29) is 5.82 Å². The molecule has 0 amide bonds. The highest BCUT2D eigenvalue weighted by Gasteiger charge is 2.23. The summed E-state index contributed by atoms with van der Waals surface area (Å²) in [6.45, 7) is 2.70. The first-order chi connectivity index (χ1) is 10.3. The van der Waals surface area contributed by atoms with Crippen molar-refractivity contribution >= 4 is 0 Å². The molecule has 0 radical (unpaired) electrons. The van der Waals surface area contributed by atoms with E-state index in [0.717, 1.165) is 32.0 Å². The van der Waals surface area contributed by atoms with E-state index in [9.17, 15) is 4.39 Å². The summed E-state index contributed by atoms with van der Waals surface area (Å²) in [6, 6.07) is 7.01. The molecule has 1 N–H and O–H groups in total. The van der Waals surface area contributed by atoms with E-state index in [1.165, 1.54) is 37.7 Å². The van der Waals surface area contributed by atoms with E-state index in [0.29, 0.717) is 5.92 Å². The third-order valence-corrected chi connectivity index (χ3v) is 4.62. The van der Waals surface area contributed by atoms with Gasteiger partial charge < -0.3 is 10.1 Å². The molecule has 1 unspecified atom stereocenters. The Morgan fingerprint density at radius 1 is 1.19 bits per heavy atom. The molecule has 0 bridgehead atoms. The number of hydrogen-bond donors (Lipinski definition) is 1. The zero-order chi connectivity index (χ0) is 14.9. The van der Waals surface area contributed by atoms with Crippen LogP contribution >= 0.6 is 0 Å². The van der Waals surface area contributed by atoms with Gasteiger partial charge in [0, 0.05) is 13.7 Å². The maximum Gasteiger partial charge on any atom is 0.123 e. The molecule has 0 aliphatic heterocycles. The van der Waals surface area contributed by atoms with E-state index in [4.69, 9.17) is 4.74 Å². The summed E-state index contributed by atoms with van der Waals surface area (Å²) in [6.07, 6.45) is 7.85. The van der Waals surface area contributed by atoms with Crippen LogP contribution in [0.5, 0.6) is 0 Å².